The van der Waals surface area contributed by atoms with E-state index in [1.807, 2.05) is 0 Å². The molecule has 0 aromatic rings. The number of hydrogen-bond acceptors (Lipinski definition) is 8. The maximum Gasteiger partial charge on any atom is 0.334 e. The van der Waals surface area contributed by atoms with Gasteiger partial charge >= 0.3 is 17.9 Å². The number of rotatable bonds is 5. The predicted molar refractivity (Wildman–Crippen MR) is 112 cm³/mol. The highest BCUT2D eigenvalue weighted by atomic mass is 16.8. The third kappa shape index (κ3) is 1.98. The van der Waals surface area contributed by atoms with Gasteiger partial charge in [0.15, 0.2) is 11.7 Å². The maximum absolute atomic E-state index is 12.8. The van der Waals surface area contributed by atoms with Crippen LogP contribution < -0.4 is 0 Å². The van der Waals surface area contributed by atoms with Crippen molar-refractivity contribution in [2.24, 2.45) is 16.7 Å². The van der Waals surface area contributed by atoms with Crippen LogP contribution in [0.1, 0.15) is 59.8 Å². The minimum Gasteiger partial charge on any atom is -0.481 e. The summed E-state index contributed by atoms with van der Waals surface area (Å²) < 4.78 is 31.2. The summed E-state index contributed by atoms with van der Waals surface area (Å²) in [6, 6.07) is 0. The van der Waals surface area contributed by atoms with Gasteiger partial charge in [-0.25, -0.2) is 4.79 Å². The van der Waals surface area contributed by atoms with E-state index in [1.54, 1.807) is 0 Å². The van der Waals surface area contributed by atoms with Crippen molar-refractivity contribution in [3.8, 4) is 0 Å². The molecule has 9 atom stereocenters. The van der Waals surface area contributed by atoms with Crippen LogP contribution in [0.3, 0.4) is 0 Å². The second-order valence-corrected chi connectivity index (χ2v) is 11.9. The molecule has 7 rings (SSSR count). The lowest BCUT2D eigenvalue weighted by molar-refractivity contribution is -0.173. The van der Waals surface area contributed by atoms with Crippen LogP contribution in [0.25, 0.3) is 0 Å². The standard InChI is InChI=1S/C25H30O9/c1-11(2)23-17(33-23)18-25(34-18)22(4)8-7-12-13(10-30-19(12)29)21(22,3)9-14-24(25,32-14)20(23)31-16(28)6-5-15(26)27/h11,14,17-18,20H,5-10H2,1-4H3,(H,26,27)/t14-,17-,18-,20+,21-,22-,23?,24+,25+/m0/s1. The molecule has 34 heavy (non-hydrogen) atoms. The Morgan fingerprint density at radius 1 is 1.15 bits per heavy atom. The molecular weight excluding hydrogens is 444 g/mol. The number of fused-ring (bicyclic) bond motifs is 4. The second-order valence-electron chi connectivity index (χ2n) is 11.9. The SMILES string of the molecule is CC(C)C12O[C@H]1[C@@H]1O[C@]13[C@]1(O[C@H]1C[C@@]1(C)C4=C(CC[C@]31C)C(=O)OC4)[C@@H]2OC(=O)CCC(=O)O. The van der Waals surface area contributed by atoms with Gasteiger partial charge in [0, 0.05) is 16.4 Å². The van der Waals surface area contributed by atoms with Crippen LogP contribution in [0.15, 0.2) is 11.1 Å². The van der Waals surface area contributed by atoms with Gasteiger partial charge in [-0.3, -0.25) is 9.59 Å². The molecule has 9 nitrogen and oxygen atoms in total. The molecule has 3 saturated heterocycles. The normalized spacial score (nSPS) is 52.9. The number of aliphatic carboxylic acids is 1. The van der Waals surface area contributed by atoms with E-state index in [0.717, 1.165) is 17.6 Å². The average molecular weight is 475 g/mol. The summed E-state index contributed by atoms with van der Waals surface area (Å²) in [7, 11) is 0. The van der Waals surface area contributed by atoms with E-state index in [2.05, 4.69) is 27.7 Å². The monoisotopic (exact) mass is 474 g/mol. The van der Waals surface area contributed by atoms with E-state index in [1.165, 1.54) is 0 Å². The zero-order valence-electron chi connectivity index (χ0n) is 19.8. The maximum atomic E-state index is 12.8. The van der Waals surface area contributed by atoms with Crippen molar-refractivity contribution in [2.75, 3.05) is 6.61 Å². The Hall–Kier alpha value is -1.97. The molecule has 0 amide bonds. The molecule has 2 saturated carbocycles. The summed E-state index contributed by atoms with van der Waals surface area (Å²) in [4.78, 5) is 36.2. The first-order valence-corrected chi connectivity index (χ1v) is 12.3. The molecule has 9 heteroatoms. The number of carbonyl (C=O) groups is 3. The number of esters is 2. The van der Waals surface area contributed by atoms with Crippen LogP contribution in [0.2, 0.25) is 0 Å². The fraction of sp³-hybridized carbons (Fsp3) is 0.800. The summed E-state index contributed by atoms with van der Waals surface area (Å²) >= 11 is 0. The second kappa shape index (κ2) is 5.87. The van der Waals surface area contributed by atoms with Crippen molar-refractivity contribution in [2.45, 2.75) is 101 Å². The van der Waals surface area contributed by atoms with Gasteiger partial charge in [0.2, 0.25) is 0 Å². The van der Waals surface area contributed by atoms with Crippen LogP contribution in [-0.4, -0.2) is 70.8 Å². The molecule has 4 aliphatic heterocycles. The Kier molecular flexibility index (Phi) is 3.68. The number of carboxylic acid groups (broad SMARTS) is 1. The molecule has 2 spiro atoms. The van der Waals surface area contributed by atoms with Crippen LogP contribution in [0.5, 0.6) is 0 Å². The van der Waals surface area contributed by atoms with E-state index < -0.39 is 34.8 Å². The number of cyclic esters (lactones) is 1. The Bertz CT molecular complexity index is 1100. The highest BCUT2D eigenvalue weighted by Crippen LogP contribution is 2.85. The van der Waals surface area contributed by atoms with Gasteiger partial charge in [-0.2, -0.15) is 0 Å². The van der Waals surface area contributed by atoms with E-state index in [9.17, 15) is 14.4 Å². The Balaban J connectivity index is 1.32. The molecule has 7 aliphatic rings. The Morgan fingerprint density at radius 3 is 2.62 bits per heavy atom. The largest absolute Gasteiger partial charge is 0.481 e. The summed E-state index contributed by atoms with van der Waals surface area (Å²) in [5, 5.41) is 9.03. The first-order chi connectivity index (χ1) is 16.0. The summed E-state index contributed by atoms with van der Waals surface area (Å²) in [5.74, 6) is -1.75. The first-order valence-electron chi connectivity index (χ1n) is 12.3. The molecule has 3 aliphatic carbocycles. The zero-order valence-corrected chi connectivity index (χ0v) is 19.8. The summed E-state index contributed by atoms with van der Waals surface area (Å²) in [5.41, 5.74) is -1.08. The van der Waals surface area contributed by atoms with Gasteiger partial charge in [-0.15, -0.1) is 0 Å². The van der Waals surface area contributed by atoms with Crippen molar-refractivity contribution in [1.82, 2.24) is 0 Å². The molecule has 0 radical (unpaired) electrons. The predicted octanol–water partition coefficient (Wildman–Crippen LogP) is 1.91. The molecular formula is C25H30O9. The van der Waals surface area contributed by atoms with E-state index >= 15 is 0 Å². The van der Waals surface area contributed by atoms with Crippen molar-refractivity contribution in [3.63, 3.8) is 0 Å². The summed E-state index contributed by atoms with van der Waals surface area (Å²) in [6.07, 6.45) is 0.300. The lowest BCUT2D eigenvalue weighted by Crippen LogP contribution is -2.72. The highest BCUT2D eigenvalue weighted by molar-refractivity contribution is 5.92. The van der Waals surface area contributed by atoms with Crippen LogP contribution in [0, 0.1) is 16.7 Å². The number of hydrogen-bond donors (Lipinski definition) is 1. The molecule has 5 fully saturated rings. The molecule has 1 N–H and O–H groups in total. The molecule has 4 heterocycles. The lowest BCUT2D eigenvalue weighted by Gasteiger charge is -2.59. The Morgan fingerprint density at radius 2 is 1.91 bits per heavy atom. The van der Waals surface area contributed by atoms with Gasteiger partial charge < -0.3 is 28.8 Å². The number of ether oxygens (including phenoxy) is 5. The van der Waals surface area contributed by atoms with Gasteiger partial charge in [0.1, 0.15) is 30.0 Å². The van der Waals surface area contributed by atoms with E-state index in [-0.39, 0.29) is 53.9 Å². The number of epoxide rings is 3. The first kappa shape index (κ1) is 21.3. The number of carboxylic acids is 1. The average Bonchev–Trinajstić information content (AvgIpc) is 3.66. The van der Waals surface area contributed by atoms with E-state index in [4.69, 9.17) is 28.8 Å². The van der Waals surface area contributed by atoms with Gasteiger partial charge in [-0.05, 0) is 30.8 Å². The third-order valence-electron chi connectivity index (χ3n) is 10.6. The van der Waals surface area contributed by atoms with Crippen molar-refractivity contribution in [3.05, 3.63) is 11.1 Å². The molecule has 0 bridgehead atoms. The lowest BCUT2D eigenvalue weighted by atomic mass is 9.41. The van der Waals surface area contributed by atoms with Crippen molar-refractivity contribution < 1.29 is 43.2 Å². The van der Waals surface area contributed by atoms with Gasteiger partial charge in [0.25, 0.3) is 0 Å². The zero-order chi connectivity index (χ0) is 24.1. The fourth-order valence-electron chi connectivity index (χ4n) is 8.63. The topological polar surface area (TPSA) is 127 Å². The third-order valence-corrected chi connectivity index (χ3v) is 10.6. The van der Waals surface area contributed by atoms with Crippen molar-refractivity contribution in [1.29, 1.82) is 0 Å². The minimum absolute atomic E-state index is 0.0545. The Labute approximate surface area is 197 Å². The molecule has 0 aromatic carbocycles. The molecule has 184 valence electrons. The van der Waals surface area contributed by atoms with Gasteiger partial charge in [-0.1, -0.05) is 27.7 Å². The van der Waals surface area contributed by atoms with E-state index in [0.29, 0.717) is 19.4 Å². The van der Waals surface area contributed by atoms with Crippen LogP contribution in [0.4, 0.5) is 0 Å². The van der Waals surface area contributed by atoms with Crippen LogP contribution >= 0.6 is 0 Å². The van der Waals surface area contributed by atoms with Gasteiger partial charge in [0.05, 0.1) is 18.9 Å². The minimum atomic E-state index is -1.04. The smallest absolute Gasteiger partial charge is 0.334 e. The van der Waals surface area contributed by atoms with Crippen molar-refractivity contribution >= 4 is 17.9 Å². The fourth-order valence-corrected chi connectivity index (χ4v) is 8.63. The summed E-state index contributed by atoms with van der Waals surface area (Å²) in [6.45, 7) is 8.84. The van der Waals surface area contributed by atoms with Crippen LogP contribution in [-0.2, 0) is 38.1 Å². The number of carbonyl (C=O) groups excluding carboxylic acids is 2. The highest BCUT2D eigenvalue weighted by Gasteiger charge is 3.02. The molecule has 1 unspecified atom stereocenters. The quantitative estimate of drug-likeness (QED) is 0.469. The molecule has 0 aromatic heterocycles.